The molecule has 102 valence electrons. The molecule has 0 saturated carbocycles. The fraction of sp³-hybridized carbons (Fsp3) is 0.385. The molecule has 1 atom stereocenters. The second-order valence-corrected chi connectivity index (χ2v) is 5.27. The number of nitrogens with zero attached hydrogens (tertiary/aromatic N) is 2. The molecule has 0 bridgehead atoms. The number of benzene rings is 1. The van der Waals surface area contributed by atoms with E-state index in [-0.39, 0.29) is 11.7 Å². The van der Waals surface area contributed by atoms with E-state index < -0.39 is 0 Å². The first-order chi connectivity index (χ1) is 9.11. The van der Waals surface area contributed by atoms with Crippen molar-refractivity contribution in [3.63, 3.8) is 0 Å². The summed E-state index contributed by atoms with van der Waals surface area (Å²) in [6.07, 6.45) is 1.80. The van der Waals surface area contributed by atoms with Crippen molar-refractivity contribution in [2.24, 2.45) is 5.73 Å². The maximum absolute atomic E-state index is 13.2. The molecule has 0 amide bonds. The summed E-state index contributed by atoms with van der Waals surface area (Å²) >= 11 is 3.35. The van der Waals surface area contributed by atoms with Gasteiger partial charge < -0.3 is 10.3 Å². The topological polar surface area (TPSA) is 64.9 Å². The molecule has 1 heterocycles. The second-order valence-electron chi connectivity index (χ2n) is 4.41. The molecule has 2 rings (SSSR count). The first-order valence-electron chi connectivity index (χ1n) is 6.11. The fourth-order valence-electron chi connectivity index (χ4n) is 1.76. The summed E-state index contributed by atoms with van der Waals surface area (Å²) in [7, 11) is 0. The molecule has 1 aromatic carbocycles. The molecule has 2 aromatic rings. The van der Waals surface area contributed by atoms with Gasteiger partial charge in [0.1, 0.15) is 5.82 Å². The Labute approximate surface area is 119 Å². The number of hydrogen-bond acceptors (Lipinski definition) is 4. The quantitative estimate of drug-likeness (QED) is 0.913. The van der Waals surface area contributed by atoms with Gasteiger partial charge in [-0.1, -0.05) is 28.0 Å². The number of hydrogen-bond donors (Lipinski definition) is 1. The van der Waals surface area contributed by atoms with E-state index in [1.807, 2.05) is 6.92 Å². The molecule has 0 radical (unpaired) electrons. The molecular formula is C13H15BrFN3O. The summed E-state index contributed by atoms with van der Waals surface area (Å²) in [4.78, 5) is 4.32. The van der Waals surface area contributed by atoms with Crippen molar-refractivity contribution in [2.75, 3.05) is 6.54 Å². The predicted molar refractivity (Wildman–Crippen MR) is 74.1 cm³/mol. The van der Waals surface area contributed by atoms with Gasteiger partial charge in [-0.15, -0.1) is 0 Å². The third-order valence-electron chi connectivity index (χ3n) is 2.87. The Morgan fingerprint density at radius 1 is 1.47 bits per heavy atom. The SMILES string of the molecule is CC(CCCN)c1nc(-c2cc(F)ccc2Br)no1. The third-order valence-corrected chi connectivity index (χ3v) is 3.57. The zero-order valence-electron chi connectivity index (χ0n) is 10.6. The van der Waals surface area contributed by atoms with E-state index in [4.69, 9.17) is 10.3 Å². The lowest BCUT2D eigenvalue weighted by Gasteiger charge is -2.03. The second kappa shape index (κ2) is 6.25. The average molecular weight is 328 g/mol. The molecule has 0 spiro atoms. The van der Waals surface area contributed by atoms with Gasteiger partial charge in [-0.2, -0.15) is 4.98 Å². The zero-order chi connectivity index (χ0) is 13.8. The van der Waals surface area contributed by atoms with Crippen LogP contribution < -0.4 is 5.73 Å². The van der Waals surface area contributed by atoms with Crippen LogP contribution in [-0.2, 0) is 0 Å². The summed E-state index contributed by atoms with van der Waals surface area (Å²) in [5.74, 6) is 0.762. The average Bonchev–Trinajstić information content (AvgIpc) is 2.88. The van der Waals surface area contributed by atoms with Gasteiger partial charge in [-0.05, 0) is 37.6 Å². The maximum Gasteiger partial charge on any atom is 0.229 e. The predicted octanol–water partition coefficient (Wildman–Crippen LogP) is 3.48. The first kappa shape index (κ1) is 14.1. The molecule has 2 N–H and O–H groups in total. The van der Waals surface area contributed by atoms with Crippen molar-refractivity contribution >= 4 is 15.9 Å². The van der Waals surface area contributed by atoms with Gasteiger partial charge in [-0.3, -0.25) is 0 Å². The highest BCUT2D eigenvalue weighted by Gasteiger charge is 2.16. The lowest BCUT2D eigenvalue weighted by Crippen LogP contribution is -2.02. The van der Waals surface area contributed by atoms with E-state index in [1.54, 1.807) is 6.07 Å². The van der Waals surface area contributed by atoms with Crippen molar-refractivity contribution in [3.8, 4) is 11.4 Å². The maximum atomic E-state index is 13.2. The van der Waals surface area contributed by atoms with Crippen molar-refractivity contribution in [1.29, 1.82) is 0 Å². The Morgan fingerprint density at radius 3 is 3.00 bits per heavy atom. The van der Waals surface area contributed by atoms with Crippen molar-refractivity contribution in [3.05, 3.63) is 34.4 Å². The highest BCUT2D eigenvalue weighted by Crippen LogP contribution is 2.28. The Hall–Kier alpha value is -1.27. The molecule has 0 aliphatic carbocycles. The van der Waals surface area contributed by atoms with Gasteiger partial charge >= 0.3 is 0 Å². The summed E-state index contributed by atoms with van der Waals surface area (Å²) in [6, 6.07) is 4.38. The van der Waals surface area contributed by atoms with Crippen LogP contribution >= 0.6 is 15.9 Å². The van der Waals surface area contributed by atoms with Crippen LogP contribution in [0.4, 0.5) is 4.39 Å². The van der Waals surface area contributed by atoms with Crippen LogP contribution in [0.1, 0.15) is 31.6 Å². The van der Waals surface area contributed by atoms with E-state index in [0.29, 0.717) is 23.8 Å². The van der Waals surface area contributed by atoms with E-state index >= 15 is 0 Å². The van der Waals surface area contributed by atoms with E-state index in [9.17, 15) is 4.39 Å². The Kier molecular flexibility index (Phi) is 4.66. The number of rotatable bonds is 5. The molecule has 19 heavy (non-hydrogen) atoms. The van der Waals surface area contributed by atoms with Crippen LogP contribution in [0.25, 0.3) is 11.4 Å². The largest absolute Gasteiger partial charge is 0.339 e. The smallest absolute Gasteiger partial charge is 0.229 e. The van der Waals surface area contributed by atoms with Crippen molar-refractivity contribution in [2.45, 2.75) is 25.7 Å². The summed E-state index contributed by atoms with van der Waals surface area (Å²) in [5.41, 5.74) is 6.06. The van der Waals surface area contributed by atoms with E-state index in [1.165, 1.54) is 12.1 Å². The molecule has 4 nitrogen and oxygen atoms in total. The first-order valence-corrected chi connectivity index (χ1v) is 6.90. The van der Waals surface area contributed by atoms with Gasteiger partial charge in [0.2, 0.25) is 11.7 Å². The van der Waals surface area contributed by atoms with Crippen molar-refractivity contribution < 1.29 is 8.91 Å². The molecular weight excluding hydrogens is 313 g/mol. The standard InChI is InChI=1S/C13H15BrFN3O/c1-8(3-2-6-16)13-17-12(18-19-13)10-7-9(15)4-5-11(10)14/h4-5,7-8H,2-3,6,16H2,1H3. The lowest BCUT2D eigenvalue weighted by atomic mass is 10.1. The molecule has 0 fully saturated rings. The minimum atomic E-state index is -0.333. The Morgan fingerprint density at radius 2 is 2.26 bits per heavy atom. The summed E-state index contributed by atoms with van der Waals surface area (Å²) < 4.78 is 19.2. The van der Waals surface area contributed by atoms with Crippen molar-refractivity contribution in [1.82, 2.24) is 10.1 Å². The van der Waals surface area contributed by atoms with Crippen LogP contribution in [0, 0.1) is 5.82 Å². The highest BCUT2D eigenvalue weighted by molar-refractivity contribution is 9.10. The van der Waals surface area contributed by atoms with Gasteiger partial charge in [0.25, 0.3) is 0 Å². The van der Waals surface area contributed by atoms with E-state index in [2.05, 4.69) is 26.1 Å². The minimum absolute atomic E-state index is 0.150. The van der Waals surface area contributed by atoms with Crippen LogP contribution in [0.5, 0.6) is 0 Å². The molecule has 1 unspecified atom stereocenters. The van der Waals surface area contributed by atoms with E-state index in [0.717, 1.165) is 17.3 Å². The normalized spacial score (nSPS) is 12.6. The Bertz CT molecular complexity index is 559. The van der Waals surface area contributed by atoms with Crippen LogP contribution in [0.15, 0.2) is 27.2 Å². The van der Waals surface area contributed by atoms with Crippen LogP contribution in [0.3, 0.4) is 0 Å². The van der Waals surface area contributed by atoms with Gasteiger partial charge in [0, 0.05) is 16.0 Å². The molecule has 0 saturated heterocycles. The number of aromatic nitrogens is 2. The molecule has 6 heteroatoms. The summed E-state index contributed by atoms with van der Waals surface area (Å²) in [6.45, 7) is 2.65. The molecule has 0 aliphatic heterocycles. The Balaban J connectivity index is 2.23. The van der Waals surface area contributed by atoms with Crippen LogP contribution in [-0.4, -0.2) is 16.7 Å². The molecule has 0 aliphatic rings. The number of halogens is 2. The van der Waals surface area contributed by atoms with Gasteiger partial charge in [0.05, 0.1) is 0 Å². The van der Waals surface area contributed by atoms with Gasteiger partial charge in [-0.25, -0.2) is 4.39 Å². The number of nitrogens with two attached hydrogens (primary N) is 1. The minimum Gasteiger partial charge on any atom is -0.339 e. The van der Waals surface area contributed by atoms with Crippen LogP contribution in [0.2, 0.25) is 0 Å². The zero-order valence-corrected chi connectivity index (χ0v) is 12.2. The molecule has 1 aromatic heterocycles. The fourth-order valence-corrected chi connectivity index (χ4v) is 2.19. The van der Waals surface area contributed by atoms with Gasteiger partial charge in [0.15, 0.2) is 0 Å². The summed E-state index contributed by atoms with van der Waals surface area (Å²) in [5, 5.41) is 3.90. The highest BCUT2D eigenvalue weighted by atomic mass is 79.9. The third kappa shape index (κ3) is 3.39. The lowest BCUT2D eigenvalue weighted by molar-refractivity contribution is 0.352. The monoisotopic (exact) mass is 327 g/mol.